The number of rotatable bonds is 6. The van der Waals surface area contributed by atoms with Gasteiger partial charge in [0.25, 0.3) is 0 Å². The number of nitrogens with one attached hydrogen (secondary N) is 1. The molecule has 1 aromatic heterocycles. The van der Waals surface area contributed by atoms with Gasteiger partial charge in [-0.25, -0.2) is 5.43 Å². The lowest BCUT2D eigenvalue weighted by molar-refractivity contribution is 0.242. The van der Waals surface area contributed by atoms with Crippen molar-refractivity contribution in [2.45, 2.75) is 45.8 Å². The minimum atomic E-state index is -0.127. The molecule has 0 fully saturated rings. The Labute approximate surface area is 129 Å². The molecule has 1 unspecified atom stereocenters. The number of benzene rings is 1. The van der Waals surface area contributed by atoms with Gasteiger partial charge in [-0.15, -0.1) is 5.10 Å². The van der Waals surface area contributed by atoms with Crippen LogP contribution in [0.15, 0.2) is 24.3 Å². The van der Waals surface area contributed by atoms with E-state index in [2.05, 4.69) is 28.9 Å². The van der Waals surface area contributed by atoms with Gasteiger partial charge in [-0.3, -0.25) is 5.84 Å². The second-order valence-corrected chi connectivity index (χ2v) is 6.30. The van der Waals surface area contributed by atoms with Crippen LogP contribution >= 0.6 is 11.5 Å². The highest BCUT2D eigenvalue weighted by atomic mass is 32.1. The summed E-state index contributed by atoms with van der Waals surface area (Å²) in [6.45, 7) is 8.23. The van der Waals surface area contributed by atoms with E-state index >= 15 is 0 Å². The summed E-state index contributed by atoms with van der Waals surface area (Å²) in [5.74, 6) is 6.93. The summed E-state index contributed by atoms with van der Waals surface area (Å²) in [4.78, 5) is 1.05. The zero-order chi connectivity index (χ0) is 15.4. The molecule has 1 atom stereocenters. The summed E-state index contributed by atoms with van der Waals surface area (Å²) < 4.78 is 9.82. The van der Waals surface area contributed by atoms with E-state index in [0.29, 0.717) is 5.92 Å². The fraction of sp³-hybridized carbons (Fsp3) is 0.467. The Morgan fingerprint density at radius 1 is 1.24 bits per heavy atom. The van der Waals surface area contributed by atoms with E-state index in [-0.39, 0.29) is 12.1 Å². The van der Waals surface area contributed by atoms with Gasteiger partial charge in [-0.2, -0.15) is 0 Å². The number of hydrogen-bond acceptors (Lipinski definition) is 6. The molecule has 3 N–H and O–H groups in total. The zero-order valence-electron chi connectivity index (χ0n) is 12.8. The Morgan fingerprint density at radius 3 is 2.62 bits per heavy atom. The molecule has 0 amide bonds. The number of ether oxygens (including phenoxy) is 1. The Hall–Kier alpha value is -1.50. The van der Waals surface area contributed by atoms with E-state index < -0.39 is 0 Å². The molecule has 1 aromatic carbocycles. The molecule has 6 heteroatoms. The molecule has 0 saturated carbocycles. The fourth-order valence-corrected chi connectivity index (χ4v) is 3.06. The Kier molecular flexibility index (Phi) is 5.27. The second kappa shape index (κ2) is 6.98. The third-order valence-electron chi connectivity index (χ3n) is 3.08. The van der Waals surface area contributed by atoms with E-state index in [1.165, 1.54) is 11.5 Å². The first kappa shape index (κ1) is 15.9. The summed E-state index contributed by atoms with van der Waals surface area (Å²) in [5.41, 5.74) is 4.90. The third-order valence-corrected chi connectivity index (χ3v) is 3.88. The second-order valence-electron chi connectivity index (χ2n) is 5.52. The van der Waals surface area contributed by atoms with Crippen molar-refractivity contribution in [1.82, 2.24) is 15.0 Å². The Balaban J connectivity index is 2.35. The summed E-state index contributed by atoms with van der Waals surface area (Å²) in [7, 11) is 0. The summed E-state index contributed by atoms with van der Waals surface area (Å²) in [5, 5.41) is 4.22. The number of hydrazine groups is 1. The topological polar surface area (TPSA) is 73.1 Å². The average Bonchev–Trinajstić information content (AvgIpc) is 2.88. The normalized spacial score (nSPS) is 12.9. The van der Waals surface area contributed by atoms with E-state index in [1.54, 1.807) is 0 Å². The van der Waals surface area contributed by atoms with Crippen molar-refractivity contribution >= 4 is 11.5 Å². The predicted molar refractivity (Wildman–Crippen MR) is 85.4 cm³/mol. The number of nitrogens with zero attached hydrogens (tertiary/aromatic N) is 2. The van der Waals surface area contributed by atoms with E-state index in [4.69, 9.17) is 10.6 Å². The van der Waals surface area contributed by atoms with Crippen LogP contribution in [0.25, 0.3) is 0 Å². The summed E-state index contributed by atoms with van der Waals surface area (Å²) in [6.07, 6.45) is 0.140. The SMILES string of the molecule is CC(C)Oc1cccc(C(NN)c2snnc2C(C)C)c1. The molecule has 0 spiro atoms. The summed E-state index contributed by atoms with van der Waals surface area (Å²) >= 11 is 1.38. The number of nitrogens with two attached hydrogens (primary N) is 1. The van der Waals surface area contributed by atoms with Crippen LogP contribution in [-0.4, -0.2) is 15.7 Å². The highest BCUT2D eigenvalue weighted by molar-refractivity contribution is 7.05. The number of aromatic nitrogens is 2. The van der Waals surface area contributed by atoms with Crippen LogP contribution in [0.5, 0.6) is 5.75 Å². The third kappa shape index (κ3) is 3.78. The van der Waals surface area contributed by atoms with Crippen LogP contribution < -0.4 is 16.0 Å². The van der Waals surface area contributed by atoms with Crippen molar-refractivity contribution in [3.05, 3.63) is 40.4 Å². The molecule has 1 heterocycles. The monoisotopic (exact) mass is 306 g/mol. The van der Waals surface area contributed by atoms with E-state index in [9.17, 15) is 0 Å². The van der Waals surface area contributed by atoms with E-state index in [1.807, 2.05) is 38.1 Å². The molecule has 0 aliphatic heterocycles. The first-order valence-electron chi connectivity index (χ1n) is 7.07. The first-order chi connectivity index (χ1) is 10.0. The van der Waals surface area contributed by atoms with Crippen molar-refractivity contribution in [3.8, 4) is 5.75 Å². The lowest BCUT2D eigenvalue weighted by atomic mass is 10.0. The van der Waals surface area contributed by atoms with Crippen LogP contribution in [0.2, 0.25) is 0 Å². The van der Waals surface area contributed by atoms with Crippen LogP contribution in [0, 0.1) is 0 Å². The van der Waals surface area contributed by atoms with Gasteiger partial charge in [0.2, 0.25) is 0 Å². The maximum absolute atomic E-state index is 5.78. The maximum atomic E-state index is 5.78. The standard InChI is InChI=1S/C15H22N4OS/c1-9(2)13-15(21-19-18-13)14(17-16)11-6-5-7-12(8-11)20-10(3)4/h5-10,14,17H,16H2,1-4H3. The van der Waals surface area contributed by atoms with Gasteiger partial charge in [0.15, 0.2) is 0 Å². The molecule has 21 heavy (non-hydrogen) atoms. The molecule has 0 aliphatic carbocycles. The zero-order valence-corrected chi connectivity index (χ0v) is 13.6. The van der Waals surface area contributed by atoms with Gasteiger partial charge in [0.05, 0.1) is 22.7 Å². The molecule has 2 rings (SSSR count). The quantitative estimate of drug-likeness (QED) is 0.634. The van der Waals surface area contributed by atoms with Crippen molar-refractivity contribution in [2.24, 2.45) is 5.84 Å². The maximum Gasteiger partial charge on any atom is 0.120 e. The van der Waals surface area contributed by atoms with Crippen LogP contribution in [0.3, 0.4) is 0 Å². The molecular weight excluding hydrogens is 284 g/mol. The molecule has 0 bridgehead atoms. The minimum Gasteiger partial charge on any atom is -0.491 e. The fourth-order valence-electron chi connectivity index (χ4n) is 2.17. The Morgan fingerprint density at radius 2 is 2.00 bits per heavy atom. The molecular formula is C15H22N4OS. The van der Waals surface area contributed by atoms with Gasteiger partial charge in [-0.1, -0.05) is 30.5 Å². The van der Waals surface area contributed by atoms with Gasteiger partial charge >= 0.3 is 0 Å². The highest BCUT2D eigenvalue weighted by Gasteiger charge is 2.22. The van der Waals surface area contributed by atoms with Gasteiger partial charge in [0.1, 0.15) is 5.75 Å². The Bertz CT molecular complexity index is 583. The van der Waals surface area contributed by atoms with Crippen molar-refractivity contribution in [2.75, 3.05) is 0 Å². The lowest BCUT2D eigenvalue weighted by Gasteiger charge is -2.18. The largest absolute Gasteiger partial charge is 0.491 e. The van der Waals surface area contributed by atoms with Crippen LogP contribution in [0.1, 0.15) is 55.8 Å². The van der Waals surface area contributed by atoms with Gasteiger partial charge < -0.3 is 4.74 Å². The molecule has 5 nitrogen and oxygen atoms in total. The number of hydrogen-bond donors (Lipinski definition) is 2. The van der Waals surface area contributed by atoms with Crippen molar-refractivity contribution < 1.29 is 4.74 Å². The van der Waals surface area contributed by atoms with Gasteiger partial charge in [-0.05, 0) is 49.0 Å². The minimum absolute atomic E-state index is 0.127. The van der Waals surface area contributed by atoms with Crippen molar-refractivity contribution in [1.29, 1.82) is 0 Å². The average molecular weight is 306 g/mol. The lowest BCUT2D eigenvalue weighted by Crippen LogP contribution is -2.29. The molecule has 0 aliphatic rings. The highest BCUT2D eigenvalue weighted by Crippen LogP contribution is 2.31. The molecule has 0 saturated heterocycles. The smallest absolute Gasteiger partial charge is 0.120 e. The van der Waals surface area contributed by atoms with Crippen LogP contribution in [-0.2, 0) is 0 Å². The summed E-state index contributed by atoms with van der Waals surface area (Å²) in [6, 6.07) is 7.83. The first-order valence-corrected chi connectivity index (χ1v) is 7.85. The van der Waals surface area contributed by atoms with Crippen molar-refractivity contribution in [3.63, 3.8) is 0 Å². The van der Waals surface area contributed by atoms with Crippen LogP contribution in [0.4, 0.5) is 0 Å². The van der Waals surface area contributed by atoms with Gasteiger partial charge in [0, 0.05) is 0 Å². The predicted octanol–water partition coefficient (Wildman–Crippen LogP) is 3.00. The molecule has 2 aromatic rings. The van der Waals surface area contributed by atoms with E-state index in [0.717, 1.165) is 21.9 Å². The molecule has 0 radical (unpaired) electrons. The molecule has 114 valence electrons.